The molecule has 0 radical (unpaired) electrons. The summed E-state index contributed by atoms with van der Waals surface area (Å²) < 4.78 is 0. The first-order valence-electron chi connectivity index (χ1n) is 9.89. The van der Waals surface area contributed by atoms with E-state index in [1.54, 1.807) is 6.08 Å². The number of ketones is 2. The molecule has 0 aromatic heterocycles. The van der Waals surface area contributed by atoms with Crippen molar-refractivity contribution in [3.63, 3.8) is 0 Å². The van der Waals surface area contributed by atoms with E-state index in [0.29, 0.717) is 18.8 Å². The molecule has 0 bridgehead atoms. The highest BCUT2D eigenvalue weighted by Gasteiger charge is 2.26. The fourth-order valence-electron chi connectivity index (χ4n) is 3.19. The molecule has 1 aliphatic rings. The second-order valence-electron chi connectivity index (χ2n) is 7.10. The molecule has 0 aromatic carbocycles. The van der Waals surface area contributed by atoms with E-state index in [9.17, 15) is 14.7 Å². The average molecular weight is 363 g/mol. The third-order valence-corrected chi connectivity index (χ3v) is 4.92. The van der Waals surface area contributed by atoms with Crippen molar-refractivity contribution in [2.24, 2.45) is 17.8 Å². The lowest BCUT2D eigenvalue weighted by Gasteiger charge is -2.14. The van der Waals surface area contributed by atoms with Crippen LogP contribution in [0.25, 0.3) is 0 Å². The summed E-state index contributed by atoms with van der Waals surface area (Å²) in [6.45, 7) is 1.99. The van der Waals surface area contributed by atoms with Crippen molar-refractivity contribution in [1.29, 1.82) is 0 Å². The average Bonchev–Trinajstić information content (AvgIpc) is 3.00. The Labute approximate surface area is 157 Å². The normalized spacial score (nSPS) is 21.3. The second kappa shape index (κ2) is 13.7. The molecule has 3 atom stereocenters. The predicted molar refractivity (Wildman–Crippen MR) is 105 cm³/mol. The van der Waals surface area contributed by atoms with E-state index in [1.165, 1.54) is 0 Å². The molecule has 0 fully saturated rings. The summed E-state index contributed by atoms with van der Waals surface area (Å²) in [5.41, 5.74) is 0. The van der Waals surface area contributed by atoms with Gasteiger partial charge in [-0.15, -0.1) is 0 Å². The lowest BCUT2D eigenvalue weighted by atomic mass is 9.90. The maximum Gasteiger partial charge on any atom is 0.159 e. The first kappa shape index (κ1) is 22.5. The topological polar surface area (TPSA) is 74.6 Å². The molecular formula is C22H34O4. The van der Waals surface area contributed by atoms with Crippen molar-refractivity contribution < 1.29 is 19.8 Å². The molecule has 0 saturated heterocycles. The zero-order valence-corrected chi connectivity index (χ0v) is 16.0. The van der Waals surface area contributed by atoms with Crippen LogP contribution in [0, 0.1) is 17.8 Å². The lowest BCUT2D eigenvalue weighted by Crippen LogP contribution is -2.13. The molecule has 0 spiro atoms. The summed E-state index contributed by atoms with van der Waals surface area (Å²) >= 11 is 0. The van der Waals surface area contributed by atoms with Crippen LogP contribution >= 0.6 is 0 Å². The fraction of sp³-hybridized carbons (Fsp3) is 0.636. The van der Waals surface area contributed by atoms with Crippen molar-refractivity contribution in [1.82, 2.24) is 0 Å². The number of aliphatic hydroxyl groups excluding tert-OH is 2. The molecule has 4 nitrogen and oxygen atoms in total. The summed E-state index contributed by atoms with van der Waals surface area (Å²) in [6.07, 6.45) is 18.7. The van der Waals surface area contributed by atoms with Gasteiger partial charge in [-0.25, -0.2) is 0 Å². The number of aliphatic hydroxyl groups is 2. The number of carbonyl (C=O) groups is 2. The molecule has 0 amide bonds. The zero-order valence-electron chi connectivity index (χ0n) is 16.0. The smallest absolute Gasteiger partial charge is 0.159 e. The first-order chi connectivity index (χ1) is 12.6. The van der Waals surface area contributed by atoms with Gasteiger partial charge >= 0.3 is 0 Å². The van der Waals surface area contributed by atoms with Crippen LogP contribution in [0.5, 0.6) is 0 Å². The van der Waals surface area contributed by atoms with E-state index in [1.807, 2.05) is 18.2 Å². The van der Waals surface area contributed by atoms with Gasteiger partial charge < -0.3 is 10.2 Å². The van der Waals surface area contributed by atoms with Gasteiger partial charge in [-0.3, -0.25) is 9.59 Å². The Morgan fingerprint density at radius 3 is 2.73 bits per heavy atom. The molecule has 0 heterocycles. The predicted octanol–water partition coefficient (Wildman–Crippen LogP) is 3.78. The van der Waals surface area contributed by atoms with Gasteiger partial charge in [-0.1, -0.05) is 50.1 Å². The summed E-state index contributed by atoms with van der Waals surface area (Å²) in [5.74, 6) is 0.453. The second-order valence-corrected chi connectivity index (χ2v) is 7.10. The van der Waals surface area contributed by atoms with Gasteiger partial charge in [0.2, 0.25) is 0 Å². The van der Waals surface area contributed by atoms with E-state index < -0.39 is 0 Å². The Kier molecular flexibility index (Phi) is 11.8. The minimum atomic E-state index is -0.379. The zero-order chi connectivity index (χ0) is 19.2. The van der Waals surface area contributed by atoms with Crippen LogP contribution in [0.3, 0.4) is 0 Å². The SMILES string of the molecule is CCCCC(CO)CC=C[C@H]1C=CC(=O)[C@@H]1CC=CCCCC(=O)CO. The van der Waals surface area contributed by atoms with Crippen LogP contribution in [0.1, 0.15) is 58.3 Å². The number of hydrogen-bond donors (Lipinski definition) is 2. The highest BCUT2D eigenvalue weighted by molar-refractivity contribution is 5.95. The van der Waals surface area contributed by atoms with Crippen LogP contribution in [0.2, 0.25) is 0 Å². The quantitative estimate of drug-likeness (QED) is 0.364. The van der Waals surface area contributed by atoms with E-state index in [0.717, 1.165) is 38.5 Å². The third-order valence-electron chi connectivity index (χ3n) is 4.92. The van der Waals surface area contributed by atoms with Crippen LogP contribution < -0.4 is 0 Å². The van der Waals surface area contributed by atoms with E-state index in [2.05, 4.69) is 19.1 Å². The molecule has 2 N–H and O–H groups in total. The largest absolute Gasteiger partial charge is 0.396 e. The van der Waals surface area contributed by atoms with Gasteiger partial charge in [-0.2, -0.15) is 0 Å². The van der Waals surface area contributed by atoms with Gasteiger partial charge in [0, 0.05) is 24.9 Å². The number of Topliss-reactive ketones (excluding diaryl/α,β-unsaturated/α-hetero) is 1. The molecule has 0 aliphatic heterocycles. The maximum absolute atomic E-state index is 12.1. The highest BCUT2D eigenvalue weighted by Crippen LogP contribution is 2.28. The summed E-state index contributed by atoms with van der Waals surface area (Å²) in [6, 6.07) is 0. The standard InChI is InChI=1S/C22H34O4/c1-2-3-9-18(16-23)10-8-11-19-14-15-22(26)21(19)13-7-5-4-6-12-20(25)17-24/h5,7-8,11,14-15,18-19,21,23-24H,2-4,6,9-10,12-13,16-17H2,1H3/t18?,19-,21+/m0/s1. The summed E-state index contributed by atoms with van der Waals surface area (Å²) in [4.78, 5) is 23.1. The molecule has 4 heteroatoms. The van der Waals surface area contributed by atoms with E-state index >= 15 is 0 Å². The van der Waals surface area contributed by atoms with E-state index in [-0.39, 0.29) is 36.6 Å². The Morgan fingerprint density at radius 1 is 1.23 bits per heavy atom. The Morgan fingerprint density at radius 2 is 2.04 bits per heavy atom. The number of unbranched alkanes of at least 4 members (excludes halogenated alkanes) is 2. The first-order valence-corrected chi connectivity index (χ1v) is 9.89. The van der Waals surface area contributed by atoms with Gasteiger partial charge in [-0.05, 0) is 44.1 Å². The fourth-order valence-corrected chi connectivity index (χ4v) is 3.19. The molecule has 26 heavy (non-hydrogen) atoms. The number of rotatable bonds is 14. The summed E-state index contributed by atoms with van der Waals surface area (Å²) in [5, 5.41) is 18.1. The van der Waals surface area contributed by atoms with Crippen molar-refractivity contribution in [3.05, 3.63) is 36.5 Å². The third kappa shape index (κ3) is 8.72. The minimum Gasteiger partial charge on any atom is -0.396 e. The van der Waals surface area contributed by atoms with Gasteiger partial charge in [0.25, 0.3) is 0 Å². The number of carbonyl (C=O) groups excluding carboxylic acids is 2. The summed E-state index contributed by atoms with van der Waals surface area (Å²) in [7, 11) is 0. The number of hydrogen-bond acceptors (Lipinski definition) is 4. The monoisotopic (exact) mass is 362 g/mol. The highest BCUT2D eigenvalue weighted by atomic mass is 16.3. The van der Waals surface area contributed by atoms with Gasteiger partial charge in [0.1, 0.15) is 6.61 Å². The number of allylic oxidation sites excluding steroid dienone is 6. The molecule has 146 valence electrons. The van der Waals surface area contributed by atoms with Crippen molar-refractivity contribution in [2.75, 3.05) is 13.2 Å². The van der Waals surface area contributed by atoms with Crippen molar-refractivity contribution in [2.45, 2.75) is 58.3 Å². The van der Waals surface area contributed by atoms with Crippen LogP contribution in [-0.4, -0.2) is 35.0 Å². The van der Waals surface area contributed by atoms with Gasteiger partial charge in [0.05, 0.1) is 0 Å². The maximum atomic E-state index is 12.1. The van der Waals surface area contributed by atoms with E-state index in [4.69, 9.17) is 5.11 Å². The Hall–Kier alpha value is -1.52. The molecule has 1 aliphatic carbocycles. The van der Waals surface area contributed by atoms with Crippen molar-refractivity contribution >= 4 is 11.6 Å². The van der Waals surface area contributed by atoms with Crippen LogP contribution in [0.4, 0.5) is 0 Å². The minimum absolute atomic E-state index is 0.0372. The Bertz CT molecular complexity index is 504. The van der Waals surface area contributed by atoms with Crippen LogP contribution in [-0.2, 0) is 9.59 Å². The van der Waals surface area contributed by atoms with Crippen molar-refractivity contribution in [3.8, 4) is 0 Å². The molecule has 1 unspecified atom stereocenters. The lowest BCUT2D eigenvalue weighted by molar-refractivity contribution is -0.121. The molecule has 0 saturated carbocycles. The van der Waals surface area contributed by atoms with Gasteiger partial charge in [0.15, 0.2) is 11.6 Å². The molecule has 0 aromatic rings. The van der Waals surface area contributed by atoms with Crippen LogP contribution in [0.15, 0.2) is 36.5 Å². The Balaban J connectivity index is 2.38. The molecule has 1 rings (SSSR count). The molecular weight excluding hydrogens is 328 g/mol.